The molecule has 0 aliphatic carbocycles. The molecule has 0 radical (unpaired) electrons. The van der Waals surface area contributed by atoms with Gasteiger partial charge in [-0.15, -0.1) is 12.4 Å². The number of rotatable bonds is 3. The van der Waals surface area contributed by atoms with Crippen molar-refractivity contribution >= 4 is 34.2 Å². The molecule has 1 saturated heterocycles. The number of aromatic nitrogens is 4. The average Bonchev–Trinajstić information content (AvgIpc) is 3.14. The monoisotopic (exact) mass is 443 g/mol. The number of hydrogen-bond donors (Lipinski definition) is 0. The second kappa shape index (κ2) is 8.48. The van der Waals surface area contributed by atoms with Gasteiger partial charge in [0, 0.05) is 29.6 Å². The Bertz CT molecular complexity index is 1250. The molecular formula is C23H24ClF2N5. The SMILES string of the molecule is CCN1CCC(c2cc(F)c3nc(-c4cc(F)c5c(cnn5C)c4)ncc3c2)CC1.Cl. The minimum Gasteiger partial charge on any atom is -0.304 e. The van der Waals surface area contributed by atoms with E-state index in [2.05, 4.69) is 26.9 Å². The normalized spacial score (nSPS) is 15.5. The first-order chi connectivity index (χ1) is 14.5. The molecule has 3 heterocycles. The largest absolute Gasteiger partial charge is 0.304 e. The maximum atomic E-state index is 15.0. The smallest absolute Gasteiger partial charge is 0.160 e. The molecule has 1 aliphatic rings. The third kappa shape index (κ3) is 3.88. The van der Waals surface area contributed by atoms with Crippen LogP contribution in [-0.2, 0) is 7.05 Å². The van der Waals surface area contributed by atoms with Crippen LogP contribution in [0.1, 0.15) is 31.2 Å². The second-order valence-electron chi connectivity index (χ2n) is 8.01. The van der Waals surface area contributed by atoms with E-state index >= 15 is 0 Å². The van der Waals surface area contributed by atoms with E-state index in [-0.39, 0.29) is 23.7 Å². The molecule has 8 heteroatoms. The summed E-state index contributed by atoms with van der Waals surface area (Å²) in [6.07, 6.45) is 5.29. The fourth-order valence-electron chi connectivity index (χ4n) is 4.48. The number of fused-ring (bicyclic) bond motifs is 2. The summed E-state index contributed by atoms with van der Waals surface area (Å²) in [7, 11) is 1.69. The number of benzene rings is 2. The fraction of sp³-hybridized carbons (Fsp3) is 0.348. The molecule has 2 aromatic heterocycles. The highest BCUT2D eigenvalue weighted by molar-refractivity contribution is 5.86. The van der Waals surface area contributed by atoms with Gasteiger partial charge >= 0.3 is 0 Å². The first-order valence-corrected chi connectivity index (χ1v) is 10.3. The maximum absolute atomic E-state index is 15.0. The van der Waals surface area contributed by atoms with Crippen molar-refractivity contribution in [3.05, 3.63) is 53.9 Å². The molecule has 0 amide bonds. The van der Waals surface area contributed by atoms with E-state index < -0.39 is 5.82 Å². The van der Waals surface area contributed by atoms with Gasteiger partial charge in [-0.2, -0.15) is 5.10 Å². The van der Waals surface area contributed by atoms with Crippen LogP contribution in [0.4, 0.5) is 8.78 Å². The fourth-order valence-corrected chi connectivity index (χ4v) is 4.48. The summed E-state index contributed by atoms with van der Waals surface area (Å²) >= 11 is 0. The molecule has 0 N–H and O–H groups in total. The molecule has 0 bridgehead atoms. The van der Waals surface area contributed by atoms with E-state index in [0.717, 1.165) is 38.0 Å². The maximum Gasteiger partial charge on any atom is 0.160 e. The van der Waals surface area contributed by atoms with Crippen LogP contribution in [0.15, 0.2) is 36.7 Å². The zero-order valence-electron chi connectivity index (χ0n) is 17.5. The standard InChI is InChI=1S/C23H23F2N5.ClH/c1-3-30-6-4-14(5-7-30)15-8-17-12-26-23(28-21(17)19(24)10-15)16-9-18-13-27-29(2)22(18)20(25)11-16;/h8-14H,3-7H2,1-2H3;1H. The minimum absolute atomic E-state index is 0. The van der Waals surface area contributed by atoms with Crippen molar-refractivity contribution in [3.63, 3.8) is 0 Å². The molecule has 0 saturated carbocycles. The zero-order chi connectivity index (χ0) is 20.8. The van der Waals surface area contributed by atoms with Crippen LogP contribution in [0.3, 0.4) is 0 Å². The van der Waals surface area contributed by atoms with E-state index in [1.807, 2.05) is 6.07 Å². The molecule has 0 atom stereocenters. The van der Waals surface area contributed by atoms with Gasteiger partial charge in [0.05, 0.1) is 6.20 Å². The minimum atomic E-state index is -0.402. The van der Waals surface area contributed by atoms with Gasteiger partial charge in [0.15, 0.2) is 5.82 Å². The summed E-state index contributed by atoms with van der Waals surface area (Å²) < 4.78 is 31.0. The number of nitrogens with zero attached hydrogens (tertiary/aromatic N) is 5. The van der Waals surface area contributed by atoms with Gasteiger partial charge in [0.1, 0.15) is 22.7 Å². The van der Waals surface area contributed by atoms with Crippen molar-refractivity contribution < 1.29 is 8.78 Å². The molecule has 4 aromatic rings. The molecule has 5 rings (SSSR count). The van der Waals surface area contributed by atoms with Gasteiger partial charge in [0.2, 0.25) is 0 Å². The predicted octanol–water partition coefficient (Wildman–Crippen LogP) is 5.08. The predicted molar refractivity (Wildman–Crippen MR) is 120 cm³/mol. The molecule has 162 valence electrons. The van der Waals surface area contributed by atoms with Gasteiger partial charge in [-0.3, -0.25) is 4.68 Å². The number of aryl methyl sites for hydroxylation is 1. The second-order valence-corrected chi connectivity index (χ2v) is 8.01. The van der Waals surface area contributed by atoms with Crippen LogP contribution >= 0.6 is 12.4 Å². The van der Waals surface area contributed by atoms with Crippen molar-refractivity contribution in [3.8, 4) is 11.4 Å². The third-order valence-corrected chi connectivity index (χ3v) is 6.21. The lowest BCUT2D eigenvalue weighted by Gasteiger charge is -2.31. The van der Waals surface area contributed by atoms with Gasteiger partial charge in [-0.05, 0) is 68.2 Å². The van der Waals surface area contributed by atoms with Crippen LogP contribution in [-0.4, -0.2) is 44.3 Å². The summed E-state index contributed by atoms with van der Waals surface area (Å²) in [5, 5.41) is 5.43. The van der Waals surface area contributed by atoms with Crippen molar-refractivity contribution in [2.75, 3.05) is 19.6 Å². The molecular weight excluding hydrogens is 420 g/mol. The zero-order valence-corrected chi connectivity index (χ0v) is 18.3. The first-order valence-electron chi connectivity index (χ1n) is 10.3. The van der Waals surface area contributed by atoms with Crippen molar-refractivity contribution in [1.29, 1.82) is 0 Å². The summed E-state index contributed by atoms with van der Waals surface area (Å²) in [4.78, 5) is 11.2. The summed E-state index contributed by atoms with van der Waals surface area (Å²) in [5.74, 6) is -0.101. The quantitative estimate of drug-likeness (QED) is 0.443. The highest BCUT2D eigenvalue weighted by Gasteiger charge is 2.21. The Morgan fingerprint density at radius 2 is 1.77 bits per heavy atom. The lowest BCUT2D eigenvalue weighted by atomic mass is 9.88. The number of hydrogen-bond acceptors (Lipinski definition) is 4. The van der Waals surface area contributed by atoms with Crippen molar-refractivity contribution in [2.24, 2.45) is 7.05 Å². The van der Waals surface area contributed by atoms with E-state index in [1.54, 1.807) is 31.6 Å². The van der Waals surface area contributed by atoms with Gasteiger partial charge < -0.3 is 4.90 Å². The van der Waals surface area contributed by atoms with Gasteiger partial charge in [0.25, 0.3) is 0 Å². The van der Waals surface area contributed by atoms with Crippen LogP contribution in [0.25, 0.3) is 33.2 Å². The molecule has 31 heavy (non-hydrogen) atoms. The van der Waals surface area contributed by atoms with E-state index in [1.165, 1.54) is 10.7 Å². The number of likely N-dealkylation sites (tertiary alicyclic amines) is 1. The summed E-state index contributed by atoms with van der Waals surface area (Å²) in [5.41, 5.74) is 2.20. The van der Waals surface area contributed by atoms with Gasteiger partial charge in [-0.1, -0.05) is 6.92 Å². The summed E-state index contributed by atoms with van der Waals surface area (Å²) in [6.45, 7) is 5.31. The van der Waals surface area contributed by atoms with Crippen molar-refractivity contribution in [2.45, 2.75) is 25.7 Å². The highest BCUT2D eigenvalue weighted by atomic mass is 35.5. The van der Waals surface area contributed by atoms with E-state index in [4.69, 9.17) is 0 Å². The lowest BCUT2D eigenvalue weighted by molar-refractivity contribution is 0.222. The number of piperidine rings is 1. The topological polar surface area (TPSA) is 46.8 Å². The molecule has 2 aromatic carbocycles. The Balaban J connectivity index is 0.00000231. The lowest BCUT2D eigenvalue weighted by Crippen LogP contribution is -2.32. The number of halogens is 3. The van der Waals surface area contributed by atoms with Crippen molar-refractivity contribution in [1.82, 2.24) is 24.6 Å². The van der Waals surface area contributed by atoms with Crippen LogP contribution in [0, 0.1) is 11.6 Å². The van der Waals surface area contributed by atoms with Crippen LogP contribution in [0.2, 0.25) is 0 Å². The molecule has 5 nitrogen and oxygen atoms in total. The average molecular weight is 444 g/mol. The van der Waals surface area contributed by atoms with Crippen LogP contribution in [0.5, 0.6) is 0 Å². The molecule has 0 unspecified atom stereocenters. The Hall–Kier alpha value is -2.64. The molecule has 1 aliphatic heterocycles. The molecule has 0 spiro atoms. The Morgan fingerprint density at radius 3 is 2.52 bits per heavy atom. The van der Waals surface area contributed by atoms with E-state index in [0.29, 0.717) is 33.6 Å². The van der Waals surface area contributed by atoms with E-state index in [9.17, 15) is 8.78 Å². The molecule has 1 fully saturated rings. The Kier molecular flexibility index (Phi) is 5.90. The van der Waals surface area contributed by atoms with Gasteiger partial charge in [-0.25, -0.2) is 18.7 Å². The third-order valence-electron chi connectivity index (χ3n) is 6.21. The highest BCUT2D eigenvalue weighted by Crippen LogP contribution is 2.32. The van der Waals surface area contributed by atoms with Crippen LogP contribution < -0.4 is 0 Å². The first kappa shape index (κ1) is 21.6. The Morgan fingerprint density at radius 1 is 1.00 bits per heavy atom. The Labute approximate surface area is 185 Å². The summed E-state index contributed by atoms with van der Waals surface area (Å²) in [6, 6.07) is 6.76.